The van der Waals surface area contributed by atoms with Gasteiger partial charge in [-0.3, -0.25) is 4.79 Å². The number of carbonyl (C=O) groups excluding carboxylic acids is 1. The molecule has 0 aromatic heterocycles. The van der Waals surface area contributed by atoms with Crippen LogP contribution in [0.4, 0.5) is 18.9 Å². The highest BCUT2D eigenvalue weighted by Gasteiger charge is 2.28. The smallest absolute Gasteiger partial charge is 0.422 e. The summed E-state index contributed by atoms with van der Waals surface area (Å²) in [7, 11) is 1.84. The third-order valence-electron chi connectivity index (χ3n) is 3.42. The lowest BCUT2D eigenvalue weighted by Crippen LogP contribution is -2.19. The molecule has 0 fully saturated rings. The van der Waals surface area contributed by atoms with Gasteiger partial charge in [-0.05, 0) is 55.9 Å². The van der Waals surface area contributed by atoms with Crippen molar-refractivity contribution in [3.8, 4) is 5.75 Å². The Labute approximate surface area is 144 Å². The summed E-state index contributed by atoms with van der Waals surface area (Å²) in [4.78, 5) is 12.4. The van der Waals surface area contributed by atoms with Crippen LogP contribution in [0.5, 0.6) is 5.75 Å². The molecule has 134 valence electrons. The fourth-order valence-electron chi connectivity index (χ4n) is 2.22. The van der Waals surface area contributed by atoms with Gasteiger partial charge in [-0.25, -0.2) is 0 Å². The highest BCUT2D eigenvalue weighted by molar-refractivity contribution is 6.05. The molecule has 0 bridgehead atoms. The van der Waals surface area contributed by atoms with E-state index in [4.69, 9.17) is 0 Å². The van der Waals surface area contributed by atoms with Crippen molar-refractivity contribution in [1.82, 2.24) is 5.32 Å². The fourth-order valence-corrected chi connectivity index (χ4v) is 2.22. The lowest BCUT2D eigenvalue weighted by molar-refractivity contribution is -0.153. The van der Waals surface area contributed by atoms with Crippen LogP contribution >= 0.6 is 0 Å². The van der Waals surface area contributed by atoms with Crippen molar-refractivity contribution in [2.45, 2.75) is 12.6 Å². The van der Waals surface area contributed by atoms with Crippen LogP contribution in [0, 0.1) is 0 Å². The van der Waals surface area contributed by atoms with Gasteiger partial charge < -0.3 is 15.4 Å². The van der Waals surface area contributed by atoms with Gasteiger partial charge in [0.1, 0.15) is 5.75 Å². The molecule has 0 aliphatic rings. The molecule has 0 aliphatic heterocycles. The van der Waals surface area contributed by atoms with E-state index in [0.29, 0.717) is 17.7 Å². The number of hydrogen-bond donors (Lipinski definition) is 2. The molecule has 2 N–H and O–H groups in total. The Morgan fingerprint density at radius 2 is 1.76 bits per heavy atom. The molecule has 0 spiro atoms. The van der Waals surface area contributed by atoms with Gasteiger partial charge >= 0.3 is 6.18 Å². The first-order valence-electron chi connectivity index (χ1n) is 7.72. The molecule has 0 aliphatic carbocycles. The van der Waals surface area contributed by atoms with Crippen molar-refractivity contribution in [1.29, 1.82) is 0 Å². The number of alkyl halides is 3. The second kappa shape index (κ2) is 8.53. The minimum Gasteiger partial charge on any atom is -0.484 e. The summed E-state index contributed by atoms with van der Waals surface area (Å²) >= 11 is 0. The van der Waals surface area contributed by atoms with Crippen molar-refractivity contribution < 1.29 is 22.7 Å². The van der Waals surface area contributed by atoms with E-state index in [2.05, 4.69) is 15.4 Å². The van der Waals surface area contributed by atoms with Crippen molar-refractivity contribution in [2.24, 2.45) is 0 Å². The predicted octanol–water partition coefficient (Wildman–Crippen LogP) is 3.64. The number of amides is 1. The molecular weight excluding hydrogens is 333 g/mol. The van der Waals surface area contributed by atoms with Crippen LogP contribution in [-0.4, -0.2) is 32.3 Å². The first-order chi connectivity index (χ1) is 11.9. The van der Waals surface area contributed by atoms with E-state index in [-0.39, 0.29) is 11.7 Å². The number of hydrogen-bond acceptors (Lipinski definition) is 3. The van der Waals surface area contributed by atoms with E-state index >= 15 is 0 Å². The van der Waals surface area contributed by atoms with E-state index in [1.54, 1.807) is 12.1 Å². The number of benzene rings is 2. The largest absolute Gasteiger partial charge is 0.484 e. The van der Waals surface area contributed by atoms with Crippen molar-refractivity contribution in [3.05, 3.63) is 59.7 Å². The summed E-state index contributed by atoms with van der Waals surface area (Å²) in [6, 6.07) is 13.0. The molecule has 0 unspecified atom stereocenters. The molecule has 2 aromatic carbocycles. The highest BCUT2D eigenvalue weighted by atomic mass is 19.4. The average molecular weight is 352 g/mol. The van der Waals surface area contributed by atoms with Crippen molar-refractivity contribution >= 4 is 11.6 Å². The summed E-state index contributed by atoms with van der Waals surface area (Å²) in [5, 5.41) is 5.77. The van der Waals surface area contributed by atoms with Gasteiger partial charge in [0.05, 0.1) is 0 Å². The minimum atomic E-state index is -4.38. The van der Waals surface area contributed by atoms with Crippen LogP contribution in [-0.2, 0) is 6.42 Å². The third-order valence-corrected chi connectivity index (χ3v) is 3.42. The Morgan fingerprint density at radius 3 is 2.40 bits per heavy atom. The fraction of sp³-hybridized carbons (Fsp3) is 0.278. The van der Waals surface area contributed by atoms with E-state index in [1.165, 1.54) is 24.3 Å². The SMILES string of the molecule is CNCCc1ccccc1C(=O)Nc1ccc(OCC(F)(F)F)cc1. The first-order valence-corrected chi connectivity index (χ1v) is 7.72. The quantitative estimate of drug-likeness (QED) is 0.800. The molecule has 0 atom stereocenters. The maximum Gasteiger partial charge on any atom is 0.422 e. The van der Waals surface area contributed by atoms with Gasteiger partial charge in [-0.1, -0.05) is 18.2 Å². The van der Waals surface area contributed by atoms with Crippen molar-refractivity contribution in [2.75, 3.05) is 25.5 Å². The Bertz CT molecular complexity index is 700. The first kappa shape index (κ1) is 18.8. The molecule has 4 nitrogen and oxygen atoms in total. The number of halogens is 3. The van der Waals surface area contributed by atoms with E-state index in [9.17, 15) is 18.0 Å². The van der Waals surface area contributed by atoms with E-state index < -0.39 is 12.8 Å². The number of carbonyl (C=O) groups is 1. The molecule has 2 aromatic rings. The van der Waals surface area contributed by atoms with Crippen LogP contribution in [0.25, 0.3) is 0 Å². The second-order valence-electron chi connectivity index (χ2n) is 5.39. The topological polar surface area (TPSA) is 50.4 Å². The van der Waals surface area contributed by atoms with Gasteiger partial charge in [0.25, 0.3) is 5.91 Å². The molecule has 1 amide bonds. The lowest BCUT2D eigenvalue weighted by atomic mass is 10.0. The van der Waals surface area contributed by atoms with E-state index in [1.807, 2.05) is 19.2 Å². The minimum absolute atomic E-state index is 0.0877. The predicted molar refractivity (Wildman–Crippen MR) is 90.0 cm³/mol. The molecule has 0 radical (unpaired) electrons. The third kappa shape index (κ3) is 6.11. The lowest BCUT2D eigenvalue weighted by Gasteiger charge is -2.12. The highest BCUT2D eigenvalue weighted by Crippen LogP contribution is 2.21. The molecular formula is C18H19F3N2O2. The van der Waals surface area contributed by atoms with Crippen LogP contribution < -0.4 is 15.4 Å². The van der Waals surface area contributed by atoms with Gasteiger partial charge in [0, 0.05) is 11.3 Å². The summed E-state index contributed by atoms with van der Waals surface area (Å²) in [5.41, 5.74) is 1.96. The molecule has 0 saturated carbocycles. The van der Waals surface area contributed by atoms with Crippen LogP contribution in [0.15, 0.2) is 48.5 Å². The monoisotopic (exact) mass is 352 g/mol. The number of anilines is 1. The Kier molecular flexibility index (Phi) is 6.41. The summed E-state index contributed by atoms with van der Waals surface area (Å²) in [6.45, 7) is -0.604. The summed E-state index contributed by atoms with van der Waals surface area (Å²) in [5.74, 6) is -0.180. The maximum absolute atomic E-state index is 12.4. The molecule has 0 saturated heterocycles. The number of ether oxygens (including phenoxy) is 1. The number of likely N-dealkylation sites (N-methyl/N-ethyl adjacent to an activating group) is 1. The Morgan fingerprint density at radius 1 is 1.08 bits per heavy atom. The zero-order valence-corrected chi connectivity index (χ0v) is 13.7. The number of rotatable bonds is 7. The summed E-state index contributed by atoms with van der Waals surface area (Å²) < 4.78 is 41.0. The zero-order valence-electron chi connectivity index (χ0n) is 13.7. The Balaban J connectivity index is 2.01. The molecule has 25 heavy (non-hydrogen) atoms. The van der Waals surface area contributed by atoms with Gasteiger partial charge in [-0.2, -0.15) is 13.2 Å². The van der Waals surface area contributed by atoms with Crippen molar-refractivity contribution in [3.63, 3.8) is 0 Å². The summed E-state index contributed by atoms with van der Waals surface area (Å²) in [6.07, 6.45) is -3.67. The standard InChI is InChI=1S/C18H19F3N2O2/c1-22-11-10-13-4-2-3-5-16(13)17(24)23-14-6-8-15(9-7-14)25-12-18(19,20)21/h2-9,22H,10-12H2,1H3,(H,23,24). The van der Waals surface area contributed by atoms with Crippen LogP contribution in [0.2, 0.25) is 0 Å². The molecule has 2 rings (SSSR count). The zero-order chi connectivity index (χ0) is 18.3. The number of nitrogens with one attached hydrogen (secondary N) is 2. The molecule has 0 heterocycles. The molecule has 7 heteroatoms. The van der Waals surface area contributed by atoms with Gasteiger partial charge in [0.2, 0.25) is 0 Å². The van der Waals surface area contributed by atoms with Crippen LogP contribution in [0.3, 0.4) is 0 Å². The van der Waals surface area contributed by atoms with E-state index in [0.717, 1.165) is 12.1 Å². The second-order valence-corrected chi connectivity index (χ2v) is 5.39. The van der Waals surface area contributed by atoms with Gasteiger partial charge in [-0.15, -0.1) is 0 Å². The normalized spacial score (nSPS) is 11.2. The maximum atomic E-state index is 12.4. The van der Waals surface area contributed by atoms with Crippen LogP contribution in [0.1, 0.15) is 15.9 Å². The average Bonchev–Trinajstić information content (AvgIpc) is 2.59. The van der Waals surface area contributed by atoms with Gasteiger partial charge in [0.15, 0.2) is 6.61 Å². The Hall–Kier alpha value is -2.54.